The molecule has 0 aromatic heterocycles. The molecular formula is C10H13ClN2O2. The molecule has 0 unspecified atom stereocenters. The van der Waals surface area contributed by atoms with E-state index in [-0.39, 0.29) is 19.1 Å². The molecule has 5 heteroatoms. The fraction of sp³-hybridized carbons (Fsp3) is 0.300. The number of hydrogen-bond acceptors (Lipinski definition) is 3. The summed E-state index contributed by atoms with van der Waals surface area (Å²) in [5, 5.41) is 9.12. The molecule has 0 aliphatic rings. The summed E-state index contributed by atoms with van der Waals surface area (Å²) in [6.07, 6.45) is 0. The molecule has 0 aliphatic carbocycles. The van der Waals surface area contributed by atoms with Gasteiger partial charge in [0.2, 0.25) is 0 Å². The second-order valence-electron chi connectivity index (χ2n) is 3.22. The smallest absolute Gasteiger partial charge is 0.253 e. The van der Waals surface area contributed by atoms with Crippen LogP contribution in [0.3, 0.4) is 0 Å². The maximum Gasteiger partial charge on any atom is 0.253 e. The minimum absolute atomic E-state index is 0.0711. The van der Waals surface area contributed by atoms with Gasteiger partial charge in [0, 0.05) is 29.9 Å². The molecule has 0 aliphatic heterocycles. The quantitative estimate of drug-likeness (QED) is 0.759. The molecule has 0 radical (unpaired) electrons. The number of hydrogen-bond donors (Lipinski definition) is 2. The molecule has 0 atom stereocenters. The van der Waals surface area contributed by atoms with Crippen LogP contribution in [0, 0.1) is 0 Å². The third-order valence-electron chi connectivity index (χ3n) is 1.95. The average Bonchev–Trinajstić information content (AvgIpc) is 2.15. The number of aliphatic hydroxyl groups excluding tert-OH is 1. The third-order valence-corrected chi connectivity index (χ3v) is 2.17. The zero-order valence-corrected chi connectivity index (χ0v) is 9.16. The highest BCUT2D eigenvalue weighted by Gasteiger charge is 2.11. The van der Waals surface area contributed by atoms with Gasteiger partial charge in [-0.1, -0.05) is 11.6 Å². The van der Waals surface area contributed by atoms with Crippen molar-refractivity contribution in [3.8, 4) is 0 Å². The van der Waals surface area contributed by atoms with E-state index in [1.54, 1.807) is 25.2 Å². The van der Waals surface area contributed by atoms with Gasteiger partial charge >= 0.3 is 0 Å². The highest BCUT2D eigenvalue weighted by Crippen LogP contribution is 2.17. The minimum Gasteiger partial charge on any atom is -0.399 e. The van der Waals surface area contributed by atoms with Crippen LogP contribution in [0.1, 0.15) is 10.4 Å². The first-order valence-electron chi connectivity index (χ1n) is 4.47. The van der Waals surface area contributed by atoms with Crippen LogP contribution in [-0.2, 0) is 0 Å². The summed E-state index contributed by atoms with van der Waals surface area (Å²) in [6.45, 7) is 0.212. The topological polar surface area (TPSA) is 66.6 Å². The van der Waals surface area contributed by atoms with Crippen molar-refractivity contribution in [1.29, 1.82) is 0 Å². The number of aliphatic hydroxyl groups is 1. The van der Waals surface area contributed by atoms with Gasteiger partial charge in [0.05, 0.1) is 6.61 Å². The monoisotopic (exact) mass is 228 g/mol. The van der Waals surface area contributed by atoms with Gasteiger partial charge in [-0.2, -0.15) is 0 Å². The van der Waals surface area contributed by atoms with E-state index in [0.29, 0.717) is 16.3 Å². The summed E-state index contributed by atoms with van der Waals surface area (Å²) in [5.74, 6) is -0.210. The van der Waals surface area contributed by atoms with Crippen molar-refractivity contribution < 1.29 is 9.90 Å². The van der Waals surface area contributed by atoms with E-state index in [1.165, 1.54) is 4.90 Å². The molecule has 0 saturated heterocycles. The largest absolute Gasteiger partial charge is 0.399 e. The number of rotatable bonds is 3. The number of amides is 1. The number of nitrogens with two attached hydrogens (primary N) is 1. The van der Waals surface area contributed by atoms with Gasteiger partial charge in [-0.3, -0.25) is 4.79 Å². The fourth-order valence-corrected chi connectivity index (χ4v) is 1.45. The molecule has 1 aromatic carbocycles. The van der Waals surface area contributed by atoms with E-state index in [2.05, 4.69) is 0 Å². The summed E-state index contributed by atoms with van der Waals surface area (Å²) in [4.78, 5) is 13.1. The van der Waals surface area contributed by atoms with E-state index in [4.69, 9.17) is 22.4 Å². The Bertz CT molecular complexity index is 348. The Balaban J connectivity index is 2.90. The number of anilines is 1. The van der Waals surface area contributed by atoms with Crippen LogP contribution in [0.4, 0.5) is 5.69 Å². The Kier molecular flexibility index (Phi) is 3.94. The van der Waals surface area contributed by atoms with Crippen LogP contribution in [-0.4, -0.2) is 36.1 Å². The molecule has 0 saturated carbocycles. The summed E-state index contributed by atoms with van der Waals surface area (Å²) in [7, 11) is 1.61. The number of benzene rings is 1. The lowest BCUT2D eigenvalue weighted by molar-refractivity contribution is 0.0767. The molecule has 1 rings (SSSR count). The molecule has 3 N–H and O–H groups in total. The van der Waals surface area contributed by atoms with Gasteiger partial charge in [-0.05, 0) is 18.2 Å². The highest BCUT2D eigenvalue weighted by atomic mass is 35.5. The summed E-state index contributed by atoms with van der Waals surface area (Å²) in [5.41, 5.74) is 6.44. The number of likely N-dealkylation sites (N-methyl/N-ethyl adjacent to an activating group) is 1. The zero-order valence-electron chi connectivity index (χ0n) is 8.40. The van der Waals surface area contributed by atoms with Crippen LogP contribution >= 0.6 is 11.6 Å². The predicted octanol–water partition coefficient (Wildman–Crippen LogP) is 0.986. The third kappa shape index (κ3) is 3.11. The Hall–Kier alpha value is -1.26. The van der Waals surface area contributed by atoms with Crippen molar-refractivity contribution in [2.45, 2.75) is 0 Å². The van der Waals surface area contributed by atoms with Crippen molar-refractivity contribution in [2.75, 3.05) is 25.9 Å². The summed E-state index contributed by atoms with van der Waals surface area (Å²) < 4.78 is 0. The molecule has 4 nitrogen and oxygen atoms in total. The maximum atomic E-state index is 11.7. The molecule has 15 heavy (non-hydrogen) atoms. The summed E-state index contributed by atoms with van der Waals surface area (Å²) >= 11 is 5.78. The lowest BCUT2D eigenvalue weighted by atomic mass is 10.2. The standard InChI is InChI=1S/C10H13ClN2O2/c1-13(2-3-14)10(15)7-4-8(11)6-9(12)5-7/h4-6,14H,2-3,12H2,1H3. The average molecular weight is 229 g/mol. The predicted molar refractivity (Wildman–Crippen MR) is 59.9 cm³/mol. The van der Waals surface area contributed by atoms with Crippen LogP contribution < -0.4 is 5.73 Å². The number of halogens is 1. The number of nitrogens with zero attached hydrogens (tertiary/aromatic N) is 1. The molecule has 0 spiro atoms. The molecule has 0 fully saturated rings. The molecule has 1 amide bonds. The lowest BCUT2D eigenvalue weighted by Crippen LogP contribution is -2.29. The second kappa shape index (κ2) is 5.00. The van der Waals surface area contributed by atoms with E-state index >= 15 is 0 Å². The first-order valence-corrected chi connectivity index (χ1v) is 4.85. The van der Waals surface area contributed by atoms with Crippen LogP contribution in [0.25, 0.3) is 0 Å². The number of carbonyl (C=O) groups excluding carboxylic acids is 1. The zero-order chi connectivity index (χ0) is 11.4. The first kappa shape index (κ1) is 11.8. The summed E-state index contributed by atoms with van der Waals surface area (Å²) in [6, 6.07) is 4.68. The van der Waals surface area contributed by atoms with Crippen molar-refractivity contribution in [3.05, 3.63) is 28.8 Å². The van der Waals surface area contributed by atoms with E-state index in [9.17, 15) is 4.79 Å². The van der Waals surface area contributed by atoms with Gasteiger partial charge in [0.15, 0.2) is 0 Å². The minimum atomic E-state index is -0.210. The second-order valence-corrected chi connectivity index (χ2v) is 3.66. The molecule has 1 aromatic rings. The van der Waals surface area contributed by atoms with Crippen molar-refractivity contribution in [2.24, 2.45) is 0 Å². The van der Waals surface area contributed by atoms with Gasteiger partial charge in [0.1, 0.15) is 0 Å². The van der Waals surface area contributed by atoms with Crippen LogP contribution in [0.5, 0.6) is 0 Å². The van der Waals surface area contributed by atoms with E-state index in [0.717, 1.165) is 0 Å². The molecular weight excluding hydrogens is 216 g/mol. The number of nitrogen functional groups attached to an aromatic ring is 1. The Labute approximate surface area is 93.2 Å². The Morgan fingerprint density at radius 3 is 2.73 bits per heavy atom. The van der Waals surface area contributed by atoms with Gasteiger partial charge in [-0.15, -0.1) is 0 Å². The van der Waals surface area contributed by atoms with Gasteiger partial charge in [0.25, 0.3) is 5.91 Å². The van der Waals surface area contributed by atoms with Crippen molar-refractivity contribution >= 4 is 23.2 Å². The van der Waals surface area contributed by atoms with Crippen LogP contribution in [0.15, 0.2) is 18.2 Å². The lowest BCUT2D eigenvalue weighted by Gasteiger charge is -2.15. The Morgan fingerprint density at radius 1 is 1.53 bits per heavy atom. The normalized spacial score (nSPS) is 10.1. The fourth-order valence-electron chi connectivity index (χ4n) is 1.21. The maximum absolute atomic E-state index is 11.7. The van der Waals surface area contributed by atoms with Gasteiger partial charge in [-0.25, -0.2) is 0 Å². The van der Waals surface area contributed by atoms with Crippen molar-refractivity contribution in [1.82, 2.24) is 4.90 Å². The molecule has 0 heterocycles. The highest BCUT2D eigenvalue weighted by molar-refractivity contribution is 6.31. The molecule has 82 valence electrons. The van der Waals surface area contributed by atoms with Gasteiger partial charge < -0.3 is 15.7 Å². The van der Waals surface area contributed by atoms with Crippen molar-refractivity contribution in [3.63, 3.8) is 0 Å². The number of carbonyl (C=O) groups is 1. The Morgan fingerprint density at radius 2 is 2.20 bits per heavy atom. The molecule has 0 bridgehead atoms. The van der Waals surface area contributed by atoms with E-state index in [1.807, 2.05) is 0 Å². The SMILES string of the molecule is CN(CCO)C(=O)c1cc(N)cc(Cl)c1. The first-order chi connectivity index (χ1) is 7.04. The van der Waals surface area contributed by atoms with Crippen LogP contribution in [0.2, 0.25) is 5.02 Å². The van der Waals surface area contributed by atoms with E-state index < -0.39 is 0 Å².